The monoisotopic (exact) mass is 250 g/mol. The summed E-state index contributed by atoms with van der Waals surface area (Å²) >= 11 is 0. The number of halogens is 1. The van der Waals surface area contributed by atoms with Crippen LogP contribution < -0.4 is 0 Å². The van der Waals surface area contributed by atoms with E-state index in [1.807, 2.05) is 0 Å². The molecule has 4 heteroatoms. The van der Waals surface area contributed by atoms with Crippen LogP contribution in [-0.4, -0.2) is 18.4 Å². The molecule has 0 saturated heterocycles. The quantitative estimate of drug-likeness (QED) is 0.596. The van der Waals surface area contributed by atoms with E-state index in [-0.39, 0.29) is 23.7 Å². The minimum atomic E-state index is -0.430. The third-order valence-electron chi connectivity index (χ3n) is 2.29. The van der Waals surface area contributed by atoms with Crippen LogP contribution in [0.1, 0.15) is 36.2 Å². The molecule has 0 radical (unpaired) electrons. The maximum atomic E-state index is 13.4. The first-order chi connectivity index (χ1) is 8.54. The van der Waals surface area contributed by atoms with E-state index < -0.39 is 5.82 Å². The predicted octanol–water partition coefficient (Wildman–Crippen LogP) is 2.99. The lowest BCUT2D eigenvalue weighted by atomic mass is 10.1. The van der Waals surface area contributed by atoms with Crippen LogP contribution >= 0.6 is 0 Å². The highest BCUT2D eigenvalue weighted by Crippen LogP contribution is 2.13. The summed E-state index contributed by atoms with van der Waals surface area (Å²) < 4.78 is 18.2. The van der Waals surface area contributed by atoms with Crippen molar-refractivity contribution in [1.82, 2.24) is 0 Å². The van der Waals surface area contributed by atoms with Gasteiger partial charge in [-0.2, -0.15) is 0 Å². The molecule has 0 N–H and O–H groups in total. The molecule has 0 heterocycles. The molecular weight excluding hydrogens is 235 g/mol. The van der Waals surface area contributed by atoms with Crippen LogP contribution in [0.5, 0.6) is 0 Å². The van der Waals surface area contributed by atoms with Gasteiger partial charge in [-0.05, 0) is 32.0 Å². The summed E-state index contributed by atoms with van der Waals surface area (Å²) in [6.07, 6.45) is 3.07. The molecule has 1 aromatic rings. The predicted molar refractivity (Wildman–Crippen MR) is 66.7 cm³/mol. The number of Topliss-reactive ketones (excluding diaryl/α,β-unsaturated/α-hetero) is 1. The van der Waals surface area contributed by atoms with Gasteiger partial charge in [0.1, 0.15) is 5.82 Å². The number of ketones is 1. The van der Waals surface area contributed by atoms with Gasteiger partial charge in [0.05, 0.1) is 13.0 Å². The topological polar surface area (TPSA) is 43.4 Å². The summed E-state index contributed by atoms with van der Waals surface area (Å²) in [5.74, 6) is -0.924. The van der Waals surface area contributed by atoms with Crippen molar-refractivity contribution in [2.24, 2.45) is 0 Å². The van der Waals surface area contributed by atoms with Crippen LogP contribution in [0, 0.1) is 5.82 Å². The Hall–Kier alpha value is -1.97. The second-order valence-electron chi connectivity index (χ2n) is 3.70. The first-order valence-corrected chi connectivity index (χ1v) is 5.67. The number of hydrogen-bond acceptors (Lipinski definition) is 3. The SMILES string of the molecule is CCOC(=O)CC=Cc1cc(C(C)=O)ccc1F. The van der Waals surface area contributed by atoms with Crippen LogP contribution in [0.3, 0.4) is 0 Å². The Morgan fingerprint density at radius 3 is 2.72 bits per heavy atom. The summed E-state index contributed by atoms with van der Waals surface area (Å²) in [6, 6.07) is 4.13. The van der Waals surface area contributed by atoms with Crippen molar-refractivity contribution >= 4 is 17.8 Å². The summed E-state index contributed by atoms with van der Waals surface area (Å²) in [7, 11) is 0. The fourth-order valence-electron chi connectivity index (χ4n) is 1.39. The Labute approximate surface area is 105 Å². The molecule has 0 bridgehead atoms. The average molecular weight is 250 g/mol. The second-order valence-corrected chi connectivity index (χ2v) is 3.70. The molecule has 1 aromatic carbocycles. The molecule has 0 fully saturated rings. The summed E-state index contributed by atoms with van der Waals surface area (Å²) in [5.41, 5.74) is 0.721. The summed E-state index contributed by atoms with van der Waals surface area (Å²) in [4.78, 5) is 22.2. The van der Waals surface area contributed by atoms with E-state index in [0.29, 0.717) is 12.2 Å². The number of benzene rings is 1. The molecule has 0 unspecified atom stereocenters. The zero-order valence-electron chi connectivity index (χ0n) is 10.4. The van der Waals surface area contributed by atoms with E-state index in [1.165, 1.54) is 37.3 Å². The maximum Gasteiger partial charge on any atom is 0.309 e. The highest BCUT2D eigenvalue weighted by molar-refractivity contribution is 5.94. The van der Waals surface area contributed by atoms with E-state index in [1.54, 1.807) is 6.92 Å². The summed E-state index contributed by atoms with van der Waals surface area (Å²) in [5, 5.41) is 0. The minimum absolute atomic E-state index is 0.0809. The van der Waals surface area contributed by atoms with Gasteiger partial charge in [0.15, 0.2) is 5.78 Å². The first kappa shape index (κ1) is 14.1. The van der Waals surface area contributed by atoms with Gasteiger partial charge in [-0.25, -0.2) is 4.39 Å². The van der Waals surface area contributed by atoms with E-state index >= 15 is 0 Å². The average Bonchev–Trinajstić information content (AvgIpc) is 2.31. The lowest BCUT2D eigenvalue weighted by Gasteiger charge is -2.00. The van der Waals surface area contributed by atoms with Gasteiger partial charge in [0.25, 0.3) is 0 Å². The Morgan fingerprint density at radius 2 is 2.11 bits per heavy atom. The molecule has 0 saturated carbocycles. The molecular formula is C14H15FO3. The molecule has 0 aliphatic heterocycles. The zero-order chi connectivity index (χ0) is 13.5. The van der Waals surface area contributed by atoms with Crippen molar-refractivity contribution in [1.29, 1.82) is 0 Å². The zero-order valence-corrected chi connectivity index (χ0v) is 10.4. The molecule has 0 aliphatic rings. The number of carbonyl (C=O) groups is 2. The normalized spacial score (nSPS) is 10.6. The van der Waals surface area contributed by atoms with Gasteiger partial charge in [0.2, 0.25) is 0 Å². The minimum Gasteiger partial charge on any atom is -0.466 e. The fourth-order valence-corrected chi connectivity index (χ4v) is 1.39. The Balaban J connectivity index is 2.77. The van der Waals surface area contributed by atoms with Crippen LogP contribution in [-0.2, 0) is 9.53 Å². The smallest absolute Gasteiger partial charge is 0.309 e. The van der Waals surface area contributed by atoms with Crippen LogP contribution in [0.4, 0.5) is 4.39 Å². The van der Waals surface area contributed by atoms with Crippen molar-refractivity contribution in [2.75, 3.05) is 6.61 Å². The van der Waals surface area contributed by atoms with E-state index in [4.69, 9.17) is 4.74 Å². The van der Waals surface area contributed by atoms with Gasteiger partial charge < -0.3 is 4.74 Å². The van der Waals surface area contributed by atoms with Gasteiger partial charge in [-0.15, -0.1) is 0 Å². The Bertz CT molecular complexity index is 478. The van der Waals surface area contributed by atoms with Crippen molar-refractivity contribution in [3.05, 3.63) is 41.2 Å². The lowest BCUT2D eigenvalue weighted by Crippen LogP contribution is -2.01. The lowest BCUT2D eigenvalue weighted by molar-refractivity contribution is -0.142. The fraction of sp³-hybridized carbons (Fsp3) is 0.286. The third-order valence-corrected chi connectivity index (χ3v) is 2.29. The molecule has 0 aromatic heterocycles. The van der Waals surface area contributed by atoms with Crippen LogP contribution in [0.25, 0.3) is 6.08 Å². The molecule has 1 rings (SSSR count). The van der Waals surface area contributed by atoms with Gasteiger partial charge >= 0.3 is 5.97 Å². The Morgan fingerprint density at radius 1 is 1.39 bits per heavy atom. The molecule has 3 nitrogen and oxygen atoms in total. The van der Waals surface area contributed by atoms with Crippen molar-refractivity contribution < 1.29 is 18.7 Å². The van der Waals surface area contributed by atoms with Gasteiger partial charge in [0, 0.05) is 11.1 Å². The molecule has 0 atom stereocenters. The largest absolute Gasteiger partial charge is 0.466 e. The number of ether oxygens (including phenoxy) is 1. The number of carbonyl (C=O) groups excluding carboxylic acids is 2. The van der Waals surface area contributed by atoms with Crippen molar-refractivity contribution in [3.63, 3.8) is 0 Å². The maximum absolute atomic E-state index is 13.4. The standard InChI is InChI=1S/C14H15FO3/c1-3-18-14(17)6-4-5-12-9-11(10(2)16)7-8-13(12)15/h4-5,7-9H,3,6H2,1-2H3. The Kier molecular flexibility index (Phi) is 5.24. The van der Waals surface area contributed by atoms with Crippen LogP contribution in [0.2, 0.25) is 0 Å². The molecule has 0 aliphatic carbocycles. The van der Waals surface area contributed by atoms with Gasteiger partial charge in [-0.1, -0.05) is 12.2 Å². The molecule has 96 valence electrons. The first-order valence-electron chi connectivity index (χ1n) is 5.67. The van der Waals surface area contributed by atoms with E-state index in [2.05, 4.69) is 0 Å². The van der Waals surface area contributed by atoms with Gasteiger partial charge in [-0.3, -0.25) is 9.59 Å². The molecule has 0 spiro atoms. The number of esters is 1. The van der Waals surface area contributed by atoms with Crippen molar-refractivity contribution in [3.8, 4) is 0 Å². The summed E-state index contributed by atoms with van der Waals surface area (Å²) in [6.45, 7) is 3.46. The highest BCUT2D eigenvalue weighted by atomic mass is 19.1. The number of rotatable bonds is 5. The third kappa shape index (κ3) is 4.13. The van der Waals surface area contributed by atoms with E-state index in [9.17, 15) is 14.0 Å². The van der Waals surface area contributed by atoms with Crippen molar-refractivity contribution in [2.45, 2.75) is 20.3 Å². The van der Waals surface area contributed by atoms with E-state index in [0.717, 1.165) is 0 Å². The highest BCUT2D eigenvalue weighted by Gasteiger charge is 2.04. The molecule has 18 heavy (non-hydrogen) atoms. The second kappa shape index (κ2) is 6.69. The molecule has 0 amide bonds. The number of hydrogen-bond donors (Lipinski definition) is 0. The van der Waals surface area contributed by atoms with Crippen LogP contribution in [0.15, 0.2) is 24.3 Å².